The Morgan fingerprint density at radius 3 is 2.72 bits per heavy atom. The monoisotopic (exact) mass is 502 g/mol. The van der Waals surface area contributed by atoms with Crippen molar-refractivity contribution in [3.05, 3.63) is 76.7 Å². The van der Waals surface area contributed by atoms with Crippen molar-refractivity contribution < 1.29 is 18.5 Å². The Bertz CT molecular complexity index is 1350. The van der Waals surface area contributed by atoms with Gasteiger partial charge in [0.2, 0.25) is 11.8 Å². The average Bonchev–Trinajstić information content (AvgIpc) is 3.68. The minimum atomic E-state index is -0.330. The third kappa shape index (κ3) is 5.31. The van der Waals surface area contributed by atoms with Gasteiger partial charge in [-0.3, -0.25) is 9.59 Å². The fraction of sp³-hybridized carbons (Fsp3) is 0.259. The summed E-state index contributed by atoms with van der Waals surface area (Å²) in [6.07, 6.45) is 6.13. The zero-order valence-corrected chi connectivity index (χ0v) is 20.7. The third-order valence-corrected chi connectivity index (χ3v) is 7.25. The lowest BCUT2D eigenvalue weighted by atomic mass is 9.97. The van der Waals surface area contributed by atoms with Crippen molar-refractivity contribution in [2.75, 3.05) is 19.6 Å². The molecule has 9 heteroatoms. The predicted molar refractivity (Wildman–Crippen MR) is 137 cm³/mol. The van der Waals surface area contributed by atoms with Crippen molar-refractivity contribution >= 4 is 29.2 Å². The summed E-state index contributed by atoms with van der Waals surface area (Å²) >= 11 is 1.64. The SMILES string of the molecule is Cc1onc(-c2ccccc2)c1-c1csc(C2CCN(C(=O)CNC(=O)C=Cc3ccco3)CC2)n1. The largest absolute Gasteiger partial charge is 0.465 e. The molecule has 0 unspecified atom stereocenters. The molecule has 1 fully saturated rings. The van der Waals surface area contributed by atoms with Crippen LogP contribution in [0.1, 0.15) is 35.3 Å². The topological polar surface area (TPSA) is 101 Å². The summed E-state index contributed by atoms with van der Waals surface area (Å²) in [6, 6.07) is 13.5. The molecule has 0 radical (unpaired) electrons. The zero-order valence-electron chi connectivity index (χ0n) is 19.8. The Morgan fingerprint density at radius 1 is 1.17 bits per heavy atom. The second-order valence-electron chi connectivity index (χ2n) is 8.62. The number of aryl methyl sites for hydroxylation is 1. The number of nitrogens with one attached hydrogen (secondary N) is 1. The molecule has 36 heavy (non-hydrogen) atoms. The van der Waals surface area contributed by atoms with Gasteiger partial charge >= 0.3 is 0 Å². The number of likely N-dealkylation sites (tertiary alicyclic amines) is 1. The molecule has 4 aromatic rings. The summed E-state index contributed by atoms with van der Waals surface area (Å²) in [5.41, 5.74) is 3.59. The maximum absolute atomic E-state index is 12.6. The van der Waals surface area contributed by atoms with E-state index in [1.807, 2.05) is 37.3 Å². The highest BCUT2D eigenvalue weighted by molar-refractivity contribution is 7.10. The van der Waals surface area contributed by atoms with E-state index < -0.39 is 0 Å². The molecule has 0 spiro atoms. The Morgan fingerprint density at radius 2 is 1.97 bits per heavy atom. The van der Waals surface area contributed by atoms with Gasteiger partial charge in [-0.2, -0.15) is 0 Å². The standard InChI is InChI=1S/C27H26N4O4S/c1-18-25(26(30-35-18)19-6-3-2-4-7-19)22-17-36-27(29-22)20-11-13-31(14-12-20)24(33)16-28-23(32)10-9-21-8-5-15-34-21/h2-10,15,17,20H,11-14,16H2,1H3,(H,28,32). The molecule has 1 saturated heterocycles. The van der Waals surface area contributed by atoms with Crippen LogP contribution in [0.15, 0.2) is 69.1 Å². The lowest BCUT2D eigenvalue weighted by molar-refractivity contribution is -0.133. The number of hydrogen-bond acceptors (Lipinski definition) is 7. The summed E-state index contributed by atoms with van der Waals surface area (Å²) in [6.45, 7) is 3.15. The first-order chi connectivity index (χ1) is 17.6. The molecule has 0 saturated carbocycles. The fourth-order valence-corrected chi connectivity index (χ4v) is 5.29. The van der Waals surface area contributed by atoms with Crippen LogP contribution in [0.4, 0.5) is 0 Å². The van der Waals surface area contributed by atoms with Crippen LogP contribution in [0.3, 0.4) is 0 Å². The molecule has 0 bridgehead atoms. The lowest BCUT2D eigenvalue weighted by Gasteiger charge is -2.31. The molecule has 3 aromatic heterocycles. The average molecular weight is 503 g/mol. The number of piperidine rings is 1. The number of nitrogens with zero attached hydrogens (tertiary/aromatic N) is 3. The Balaban J connectivity index is 1.16. The van der Waals surface area contributed by atoms with Crippen molar-refractivity contribution in [1.29, 1.82) is 0 Å². The Hall–Kier alpha value is -3.98. The van der Waals surface area contributed by atoms with E-state index in [0.717, 1.165) is 46.1 Å². The van der Waals surface area contributed by atoms with Gasteiger partial charge in [0.05, 0.1) is 29.1 Å². The zero-order chi connectivity index (χ0) is 24.9. The van der Waals surface area contributed by atoms with E-state index >= 15 is 0 Å². The highest BCUT2D eigenvalue weighted by Gasteiger charge is 2.27. The van der Waals surface area contributed by atoms with Crippen LogP contribution >= 0.6 is 11.3 Å². The van der Waals surface area contributed by atoms with E-state index in [4.69, 9.17) is 13.9 Å². The Kier molecular flexibility index (Phi) is 7.08. The summed E-state index contributed by atoms with van der Waals surface area (Å²) in [5.74, 6) is 1.20. The molecular formula is C27H26N4O4S. The molecule has 184 valence electrons. The number of carbonyl (C=O) groups is 2. The maximum Gasteiger partial charge on any atom is 0.244 e. The van der Waals surface area contributed by atoms with Gasteiger partial charge in [0, 0.05) is 36.0 Å². The fourth-order valence-electron chi connectivity index (χ4n) is 4.31. The van der Waals surface area contributed by atoms with E-state index in [9.17, 15) is 9.59 Å². The van der Waals surface area contributed by atoms with E-state index in [0.29, 0.717) is 24.8 Å². The van der Waals surface area contributed by atoms with Crippen LogP contribution < -0.4 is 5.32 Å². The van der Waals surface area contributed by atoms with Crippen molar-refractivity contribution in [3.63, 3.8) is 0 Å². The van der Waals surface area contributed by atoms with E-state index in [1.165, 1.54) is 12.3 Å². The van der Waals surface area contributed by atoms with E-state index in [-0.39, 0.29) is 18.4 Å². The van der Waals surface area contributed by atoms with Crippen molar-refractivity contribution in [2.24, 2.45) is 0 Å². The maximum atomic E-state index is 12.6. The molecule has 1 aliphatic rings. The summed E-state index contributed by atoms with van der Waals surface area (Å²) in [4.78, 5) is 31.3. The first-order valence-electron chi connectivity index (χ1n) is 11.8. The molecule has 5 rings (SSSR count). The summed E-state index contributed by atoms with van der Waals surface area (Å²) in [5, 5.41) is 10.0. The normalized spacial score (nSPS) is 14.4. The van der Waals surface area contributed by atoms with Gasteiger partial charge < -0.3 is 19.2 Å². The number of furan rings is 1. The first-order valence-corrected chi connectivity index (χ1v) is 12.7. The lowest BCUT2D eigenvalue weighted by Crippen LogP contribution is -2.43. The second-order valence-corrected chi connectivity index (χ2v) is 9.51. The van der Waals surface area contributed by atoms with Crippen LogP contribution in [0.25, 0.3) is 28.6 Å². The molecule has 8 nitrogen and oxygen atoms in total. The predicted octanol–water partition coefficient (Wildman–Crippen LogP) is 4.90. The van der Waals surface area contributed by atoms with Crippen molar-refractivity contribution in [1.82, 2.24) is 20.4 Å². The smallest absolute Gasteiger partial charge is 0.244 e. The molecule has 0 atom stereocenters. The van der Waals surface area contributed by atoms with E-state index in [1.54, 1.807) is 34.4 Å². The van der Waals surface area contributed by atoms with Crippen LogP contribution in [-0.4, -0.2) is 46.5 Å². The van der Waals surface area contributed by atoms with Crippen LogP contribution in [0.5, 0.6) is 0 Å². The summed E-state index contributed by atoms with van der Waals surface area (Å²) in [7, 11) is 0. The van der Waals surface area contributed by atoms with Gasteiger partial charge in [-0.1, -0.05) is 35.5 Å². The number of thiazole rings is 1. The minimum absolute atomic E-state index is 0.0254. The molecule has 4 heterocycles. The number of hydrogen-bond donors (Lipinski definition) is 1. The second kappa shape index (κ2) is 10.7. The van der Waals surface area contributed by atoms with Crippen molar-refractivity contribution in [2.45, 2.75) is 25.7 Å². The van der Waals surface area contributed by atoms with Crippen LogP contribution in [-0.2, 0) is 9.59 Å². The van der Waals surface area contributed by atoms with Gasteiger partial charge in [0.15, 0.2) is 0 Å². The molecule has 1 aliphatic heterocycles. The van der Waals surface area contributed by atoms with Gasteiger partial charge in [-0.15, -0.1) is 11.3 Å². The molecule has 2 amide bonds. The summed E-state index contributed by atoms with van der Waals surface area (Å²) < 4.78 is 10.7. The third-order valence-electron chi connectivity index (χ3n) is 6.24. The van der Waals surface area contributed by atoms with E-state index in [2.05, 4.69) is 15.9 Å². The Labute approximate surface area is 212 Å². The minimum Gasteiger partial charge on any atom is -0.465 e. The highest BCUT2D eigenvalue weighted by atomic mass is 32.1. The quantitative estimate of drug-likeness (QED) is 0.361. The van der Waals surface area contributed by atoms with Crippen molar-refractivity contribution in [3.8, 4) is 22.5 Å². The number of carbonyl (C=O) groups excluding carboxylic acids is 2. The van der Waals surface area contributed by atoms with Gasteiger partial charge in [0.25, 0.3) is 0 Å². The van der Waals surface area contributed by atoms with Gasteiger partial charge in [-0.05, 0) is 38.0 Å². The number of rotatable bonds is 7. The number of aromatic nitrogens is 2. The first kappa shape index (κ1) is 23.7. The van der Waals surface area contributed by atoms with Gasteiger partial charge in [0.1, 0.15) is 17.2 Å². The molecule has 1 aromatic carbocycles. The molecule has 1 N–H and O–H groups in total. The molecular weight excluding hydrogens is 476 g/mol. The number of amides is 2. The number of benzene rings is 1. The van der Waals surface area contributed by atoms with Crippen LogP contribution in [0, 0.1) is 6.92 Å². The highest BCUT2D eigenvalue weighted by Crippen LogP contribution is 2.37. The van der Waals surface area contributed by atoms with Crippen LogP contribution in [0.2, 0.25) is 0 Å². The van der Waals surface area contributed by atoms with Gasteiger partial charge in [-0.25, -0.2) is 4.98 Å². The molecule has 0 aliphatic carbocycles.